The van der Waals surface area contributed by atoms with Crippen LogP contribution in [-0.4, -0.2) is 41.7 Å². The highest BCUT2D eigenvalue weighted by atomic mass is 16.2. The molecule has 0 saturated carbocycles. The Kier molecular flexibility index (Phi) is 4.56. The zero-order valence-corrected chi connectivity index (χ0v) is 11.0. The molecule has 1 fully saturated rings. The van der Waals surface area contributed by atoms with Crippen molar-refractivity contribution in [3.63, 3.8) is 0 Å². The molecule has 1 saturated heterocycles. The normalized spacial score (nSPS) is 19.5. The molecule has 0 spiro atoms. The van der Waals surface area contributed by atoms with Crippen LogP contribution in [0.5, 0.6) is 0 Å². The highest BCUT2D eigenvalue weighted by Crippen LogP contribution is 2.11. The lowest BCUT2D eigenvalue weighted by atomic mass is 10.1. The lowest BCUT2D eigenvalue weighted by Gasteiger charge is -2.32. The molecule has 1 aliphatic rings. The van der Waals surface area contributed by atoms with Crippen LogP contribution in [0, 0.1) is 11.8 Å². The molecule has 0 radical (unpaired) electrons. The van der Waals surface area contributed by atoms with E-state index in [0.717, 1.165) is 24.2 Å². The second-order valence-electron chi connectivity index (χ2n) is 4.59. The number of nitrogens with zero attached hydrogens (tertiary/aromatic N) is 1. The molecule has 2 N–H and O–H groups in total. The van der Waals surface area contributed by atoms with E-state index < -0.39 is 0 Å². The maximum absolute atomic E-state index is 11.6. The third-order valence-electron chi connectivity index (χ3n) is 3.28. The molecule has 100 valence electrons. The molecule has 1 heterocycles. The first-order valence-electron chi connectivity index (χ1n) is 6.41. The SMILES string of the molecule is CC1C(=O)NCCN1Cc1ccc(C#CCO)cc1. The summed E-state index contributed by atoms with van der Waals surface area (Å²) in [5.41, 5.74) is 2.05. The van der Waals surface area contributed by atoms with Gasteiger partial charge < -0.3 is 10.4 Å². The molecule has 1 unspecified atom stereocenters. The van der Waals surface area contributed by atoms with Gasteiger partial charge in [-0.25, -0.2) is 0 Å². The Labute approximate surface area is 113 Å². The van der Waals surface area contributed by atoms with E-state index in [1.165, 1.54) is 0 Å². The minimum atomic E-state index is -0.123. The van der Waals surface area contributed by atoms with Gasteiger partial charge in [-0.1, -0.05) is 24.0 Å². The van der Waals surface area contributed by atoms with Crippen LogP contribution in [0.25, 0.3) is 0 Å². The minimum Gasteiger partial charge on any atom is -0.384 e. The van der Waals surface area contributed by atoms with Crippen molar-refractivity contribution < 1.29 is 9.90 Å². The predicted molar refractivity (Wildman–Crippen MR) is 73.3 cm³/mol. The Morgan fingerprint density at radius 1 is 1.42 bits per heavy atom. The van der Waals surface area contributed by atoms with Gasteiger partial charge in [-0.3, -0.25) is 9.69 Å². The molecule has 19 heavy (non-hydrogen) atoms. The molecule has 1 atom stereocenters. The first-order valence-corrected chi connectivity index (χ1v) is 6.41. The van der Waals surface area contributed by atoms with Gasteiger partial charge in [0.05, 0.1) is 6.04 Å². The van der Waals surface area contributed by atoms with Gasteiger partial charge in [0.1, 0.15) is 6.61 Å². The van der Waals surface area contributed by atoms with Gasteiger partial charge in [-0.05, 0) is 24.6 Å². The summed E-state index contributed by atoms with van der Waals surface area (Å²) < 4.78 is 0. The summed E-state index contributed by atoms with van der Waals surface area (Å²) in [4.78, 5) is 13.7. The number of carbonyl (C=O) groups is 1. The molecule has 4 heteroatoms. The van der Waals surface area contributed by atoms with Crippen LogP contribution in [0.3, 0.4) is 0 Å². The summed E-state index contributed by atoms with van der Waals surface area (Å²) in [5, 5.41) is 11.5. The van der Waals surface area contributed by atoms with Crippen LogP contribution < -0.4 is 5.32 Å². The van der Waals surface area contributed by atoms with Crippen LogP contribution in [-0.2, 0) is 11.3 Å². The van der Waals surface area contributed by atoms with E-state index in [2.05, 4.69) is 22.1 Å². The third-order valence-corrected chi connectivity index (χ3v) is 3.28. The number of benzene rings is 1. The molecule has 1 aliphatic heterocycles. The van der Waals surface area contributed by atoms with E-state index in [1.54, 1.807) is 0 Å². The van der Waals surface area contributed by atoms with Gasteiger partial charge in [0.25, 0.3) is 0 Å². The Hall–Kier alpha value is -1.83. The van der Waals surface area contributed by atoms with Crippen molar-refractivity contribution in [1.82, 2.24) is 10.2 Å². The Bertz CT molecular complexity index is 499. The van der Waals surface area contributed by atoms with Gasteiger partial charge in [0, 0.05) is 25.2 Å². The van der Waals surface area contributed by atoms with E-state index in [9.17, 15) is 4.79 Å². The van der Waals surface area contributed by atoms with E-state index in [4.69, 9.17) is 5.11 Å². The van der Waals surface area contributed by atoms with Crippen LogP contribution in [0.1, 0.15) is 18.1 Å². The van der Waals surface area contributed by atoms with Gasteiger partial charge in [0.15, 0.2) is 0 Å². The lowest BCUT2D eigenvalue weighted by Crippen LogP contribution is -2.53. The van der Waals surface area contributed by atoms with E-state index in [0.29, 0.717) is 6.54 Å². The van der Waals surface area contributed by atoms with Crippen molar-refractivity contribution >= 4 is 5.91 Å². The fraction of sp³-hybridized carbons (Fsp3) is 0.400. The predicted octanol–water partition coefficient (Wildman–Crippen LogP) is 0.351. The third kappa shape index (κ3) is 3.57. The van der Waals surface area contributed by atoms with Crippen LogP contribution in [0.15, 0.2) is 24.3 Å². The number of hydrogen-bond donors (Lipinski definition) is 2. The van der Waals surface area contributed by atoms with Crippen molar-refractivity contribution in [2.75, 3.05) is 19.7 Å². The fourth-order valence-electron chi connectivity index (χ4n) is 2.12. The quantitative estimate of drug-likeness (QED) is 0.753. The van der Waals surface area contributed by atoms with Crippen molar-refractivity contribution in [2.24, 2.45) is 0 Å². The minimum absolute atomic E-state index is 0.0809. The molecule has 0 aromatic heterocycles. The van der Waals surface area contributed by atoms with Crippen molar-refractivity contribution in [2.45, 2.75) is 19.5 Å². The molecule has 1 aromatic rings. The number of piperazine rings is 1. The summed E-state index contributed by atoms with van der Waals surface area (Å²) in [6.07, 6.45) is 0. The molecule has 0 bridgehead atoms. The summed E-state index contributed by atoms with van der Waals surface area (Å²) >= 11 is 0. The second-order valence-corrected chi connectivity index (χ2v) is 4.59. The van der Waals surface area contributed by atoms with Crippen LogP contribution in [0.4, 0.5) is 0 Å². The largest absolute Gasteiger partial charge is 0.384 e. The number of hydrogen-bond acceptors (Lipinski definition) is 3. The molecule has 4 nitrogen and oxygen atoms in total. The fourth-order valence-corrected chi connectivity index (χ4v) is 2.12. The molecule has 1 aromatic carbocycles. The zero-order chi connectivity index (χ0) is 13.7. The molecule has 0 aliphatic carbocycles. The first kappa shape index (κ1) is 13.6. The molecule has 1 amide bonds. The summed E-state index contributed by atoms with van der Waals surface area (Å²) in [7, 11) is 0. The smallest absolute Gasteiger partial charge is 0.237 e. The first-order chi connectivity index (χ1) is 9.20. The van der Waals surface area contributed by atoms with E-state index in [1.807, 2.05) is 31.2 Å². The molecular weight excluding hydrogens is 240 g/mol. The van der Waals surface area contributed by atoms with Gasteiger partial charge in [-0.2, -0.15) is 0 Å². The maximum atomic E-state index is 11.6. The number of amides is 1. The highest BCUT2D eigenvalue weighted by Gasteiger charge is 2.24. The zero-order valence-electron chi connectivity index (χ0n) is 11.0. The van der Waals surface area contributed by atoms with Crippen molar-refractivity contribution in [3.8, 4) is 11.8 Å². The topological polar surface area (TPSA) is 52.6 Å². The van der Waals surface area contributed by atoms with Crippen LogP contribution >= 0.6 is 0 Å². The highest BCUT2D eigenvalue weighted by molar-refractivity contribution is 5.81. The average Bonchev–Trinajstić information content (AvgIpc) is 2.43. The Balaban J connectivity index is 2.01. The number of carbonyl (C=O) groups excluding carboxylic acids is 1. The Morgan fingerprint density at radius 3 is 2.84 bits per heavy atom. The van der Waals surface area contributed by atoms with Crippen molar-refractivity contribution in [3.05, 3.63) is 35.4 Å². The monoisotopic (exact) mass is 258 g/mol. The standard InChI is InChI=1S/C15H18N2O2/c1-12-15(19)16-8-9-17(12)11-14-6-4-13(5-7-14)3-2-10-18/h4-7,12,18H,8-11H2,1H3,(H,16,19). The summed E-state index contributed by atoms with van der Waals surface area (Å²) in [6, 6.07) is 7.82. The summed E-state index contributed by atoms with van der Waals surface area (Å²) in [6.45, 7) is 4.16. The number of aliphatic hydroxyl groups is 1. The molecule has 2 rings (SSSR count). The average molecular weight is 258 g/mol. The lowest BCUT2D eigenvalue weighted by molar-refractivity contribution is -0.128. The van der Waals surface area contributed by atoms with Gasteiger partial charge >= 0.3 is 0 Å². The van der Waals surface area contributed by atoms with Crippen LogP contribution in [0.2, 0.25) is 0 Å². The van der Waals surface area contributed by atoms with Crippen molar-refractivity contribution in [1.29, 1.82) is 0 Å². The summed E-state index contributed by atoms with van der Waals surface area (Å²) in [5.74, 6) is 5.58. The molecular formula is C15H18N2O2. The maximum Gasteiger partial charge on any atom is 0.237 e. The second kappa shape index (κ2) is 6.37. The van der Waals surface area contributed by atoms with Gasteiger partial charge in [-0.15, -0.1) is 0 Å². The Morgan fingerprint density at radius 2 is 2.16 bits per heavy atom. The van der Waals surface area contributed by atoms with E-state index in [-0.39, 0.29) is 18.6 Å². The number of aliphatic hydroxyl groups excluding tert-OH is 1. The number of nitrogens with one attached hydrogen (secondary N) is 1. The van der Waals surface area contributed by atoms with Gasteiger partial charge in [0.2, 0.25) is 5.91 Å². The van der Waals surface area contributed by atoms with E-state index >= 15 is 0 Å². The number of rotatable bonds is 2.